The lowest BCUT2D eigenvalue weighted by molar-refractivity contribution is 0.0433. The second-order valence-corrected chi connectivity index (χ2v) is 7.73. The van der Waals surface area contributed by atoms with Crippen molar-refractivity contribution in [3.8, 4) is 5.69 Å². The zero-order valence-corrected chi connectivity index (χ0v) is 16.4. The first-order valence-corrected chi connectivity index (χ1v) is 10.0. The SMILES string of the molecule is Cc1ccc(C)n1-c1ccc(C(=O)N2CCN(CC3CCCO3)CC2)cc1. The van der Waals surface area contributed by atoms with Crippen LogP contribution in [0.15, 0.2) is 36.4 Å². The fourth-order valence-corrected chi connectivity index (χ4v) is 4.22. The second-order valence-electron chi connectivity index (χ2n) is 7.73. The van der Waals surface area contributed by atoms with Gasteiger partial charge in [0.2, 0.25) is 0 Å². The van der Waals surface area contributed by atoms with Gasteiger partial charge in [0.15, 0.2) is 0 Å². The molecule has 27 heavy (non-hydrogen) atoms. The van der Waals surface area contributed by atoms with E-state index in [0.29, 0.717) is 6.10 Å². The molecule has 2 aliphatic rings. The van der Waals surface area contributed by atoms with Crippen LogP contribution in [0, 0.1) is 13.8 Å². The maximum atomic E-state index is 12.9. The van der Waals surface area contributed by atoms with Crippen LogP contribution in [0.2, 0.25) is 0 Å². The van der Waals surface area contributed by atoms with E-state index in [1.54, 1.807) is 0 Å². The lowest BCUT2D eigenvalue weighted by atomic mass is 10.1. The number of carbonyl (C=O) groups excluding carboxylic acids is 1. The molecule has 1 unspecified atom stereocenters. The second kappa shape index (κ2) is 7.87. The lowest BCUT2D eigenvalue weighted by Crippen LogP contribution is -2.50. The number of rotatable bonds is 4. The van der Waals surface area contributed by atoms with Gasteiger partial charge in [0.25, 0.3) is 5.91 Å². The molecule has 2 saturated heterocycles. The van der Waals surface area contributed by atoms with Crippen LogP contribution in [0.3, 0.4) is 0 Å². The summed E-state index contributed by atoms with van der Waals surface area (Å²) in [6.45, 7) is 9.57. The zero-order chi connectivity index (χ0) is 18.8. The third-order valence-electron chi connectivity index (χ3n) is 5.79. The Kier molecular flexibility index (Phi) is 5.32. The lowest BCUT2D eigenvalue weighted by Gasteiger charge is -2.35. The zero-order valence-electron chi connectivity index (χ0n) is 16.4. The molecule has 5 heteroatoms. The smallest absolute Gasteiger partial charge is 0.253 e. The number of benzene rings is 1. The van der Waals surface area contributed by atoms with Gasteiger partial charge in [-0.3, -0.25) is 9.69 Å². The van der Waals surface area contributed by atoms with Gasteiger partial charge in [0.05, 0.1) is 6.10 Å². The van der Waals surface area contributed by atoms with E-state index >= 15 is 0 Å². The van der Waals surface area contributed by atoms with E-state index in [9.17, 15) is 4.79 Å². The number of hydrogen-bond acceptors (Lipinski definition) is 3. The standard InChI is InChI=1S/C22H29N3O2/c1-17-5-6-18(2)25(17)20-9-7-19(8-10-20)22(26)24-13-11-23(12-14-24)16-21-4-3-15-27-21/h5-10,21H,3-4,11-16H2,1-2H3. The Bertz CT molecular complexity index is 763. The van der Waals surface area contributed by atoms with Gasteiger partial charge in [0.1, 0.15) is 0 Å². The van der Waals surface area contributed by atoms with Crippen molar-refractivity contribution in [3.63, 3.8) is 0 Å². The van der Waals surface area contributed by atoms with Crippen LogP contribution in [0.25, 0.3) is 5.69 Å². The summed E-state index contributed by atoms with van der Waals surface area (Å²) in [5, 5.41) is 0. The van der Waals surface area contributed by atoms with Gasteiger partial charge in [0, 0.05) is 62.0 Å². The first-order chi connectivity index (χ1) is 13.1. The molecule has 144 valence electrons. The highest BCUT2D eigenvalue weighted by Gasteiger charge is 2.25. The van der Waals surface area contributed by atoms with E-state index in [-0.39, 0.29) is 5.91 Å². The van der Waals surface area contributed by atoms with Crippen LogP contribution in [-0.4, -0.2) is 65.7 Å². The van der Waals surface area contributed by atoms with Crippen molar-refractivity contribution in [2.45, 2.75) is 32.8 Å². The predicted molar refractivity (Wildman–Crippen MR) is 107 cm³/mol. The predicted octanol–water partition coefficient (Wildman–Crippen LogP) is 3.03. The summed E-state index contributed by atoms with van der Waals surface area (Å²) in [6, 6.07) is 12.2. The minimum atomic E-state index is 0.138. The van der Waals surface area contributed by atoms with Crippen molar-refractivity contribution < 1.29 is 9.53 Å². The Morgan fingerprint density at radius 1 is 1.00 bits per heavy atom. The van der Waals surface area contributed by atoms with E-state index in [1.165, 1.54) is 24.2 Å². The number of nitrogens with zero attached hydrogens (tertiary/aromatic N) is 3. The molecular formula is C22H29N3O2. The Balaban J connectivity index is 1.36. The number of ether oxygens (including phenoxy) is 1. The molecule has 0 N–H and O–H groups in total. The van der Waals surface area contributed by atoms with E-state index in [1.807, 2.05) is 29.2 Å². The molecule has 2 aromatic rings. The molecule has 4 rings (SSSR count). The summed E-state index contributed by atoms with van der Waals surface area (Å²) >= 11 is 0. The molecular weight excluding hydrogens is 338 g/mol. The average Bonchev–Trinajstić information content (AvgIpc) is 3.32. The summed E-state index contributed by atoms with van der Waals surface area (Å²) in [5.41, 5.74) is 4.28. The van der Waals surface area contributed by atoms with Crippen LogP contribution in [0.5, 0.6) is 0 Å². The van der Waals surface area contributed by atoms with Gasteiger partial charge in [-0.15, -0.1) is 0 Å². The molecule has 0 radical (unpaired) electrons. The van der Waals surface area contributed by atoms with Crippen molar-refractivity contribution in [3.05, 3.63) is 53.3 Å². The number of amides is 1. The molecule has 1 aromatic carbocycles. The van der Waals surface area contributed by atoms with Crippen LogP contribution in [-0.2, 0) is 4.74 Å². The quantitative estimate of drug-likeness (QED) is 0.834. The molecule has 2 fully saturated rings. The van der Waals surface area contributed by atoms with Crippen LogP contribution >= 0.6 is 0 Å². The molecule has 0 saturated carbocycles. The van der Waals surface area contributed by atoms with Gasteiger partial charge >= 0.3 is 0 Å². The fraction of sp³-hybridized carbons (Fsp3) is 0.500. The van der Waals surface area contributed by atoms with Gasteiger partial charge in [-0.2, -0.15) is 0 Å². The van der Waals surface area contributed by atoms with Gasteiger partial charge in [-0.25, -0.2) is 0 Å². The minimum Gasteiger partial charge on any atom is -0.377 e. The molecule has 2 aliphatic heterocycles. The van der Waals surface area contributed by atoms with E-state index in [0.717, 1.165) is 50.6 Å². The Morgan fingerprint density at radius 3 is 2.26 bits per heavy atom. The van der Waals surface area contributed by atoms with Crippen molar-refractivity contribution in [1.82, 2.24) is 14.4 Å². The first-order valence-electron chi connectivity index (χ1n) is 10.0. The molecule has 0 bridgehead atoms. The number of carbonyl (C=O) groups is 1. The summed E-state index contributed by atoms with van der Waals surface area (Å²) in [4.78, 5) is 17.3. The highest BCUT2D eigenvalue weighted by atomic mass is 16.5. The third-order valence-corrected chi connectivity index (χ3v) is 5.79. The van der Waals surface area contributed by atoms with Crippen molar-refractivity contribution in [2.75, 3.05) is 39.3 Å². The summed E-state index contributed by atoms with van der Waals surface area (Å²) in [7, 11) is 0. The molecule has 5 nitrogen and oxygen atoms in total. The number of aryl methyl sites for hydroxylation is 2. The monoisotopic (exact) mass is 367 g/mol. The van der Waals surface area contributed by atoms with Gasteiger partial charge in [-0.1, -0.05) is 0 Å². The Labute approximate surface area is 161 Å². The van der Waals surface area contributed by atoms with Crippen LogP contribution in [0.4, 0.5) is 0 Å². The normalized spacial score (nSPS) is 21.0. The van der Waals surface area contributed by atoms with Crippen molar-refractivity contribution in [2.24, 2.45) is 0 Å². The van der Waals surface area contributed by atoms with Crippen LogP contribution < -0.4 is 0 Å². The van der Waals surface area contributed by atoms with E-state index in [2.05, 4.69) is 35.4 Å². The summed E-state index contributed by atoms with van der Waals surface area (Å²) in [6.07, 6.45) is 2.74. The number of aromatic nitrogens is 1. The Hall–Kier alpha value is -2.11. The molecule has 0 aliphatic carbocycles. The molecule has 1 aromatic heterocycles. The number of piperazine rings is 1. The van der Waals surface area contributed by atoms with Gasteiger partial charge in [-0.05, 0) is 63.1 Å². The topological polar surface area (TPSA) is 37.7 Å². The highest BCUT2D eigenvalue weighted by Crippen LogP contribution is 2.19. The average molecular weight is 367 g/mol. The molecule has 1 amide bonds. The van der Waals surface area contributed by atoms with Crippen molar-refractivity contribution in [1.29, 1.82) is 0 Å². The molecule has 0 spiro atoms. The highest BCUT2D eigenvalue weighted by molar-refractivity contribution is 5.94. The third kappa shape index (κ3) is 3.94. The van der Waals surface area contributed by atoms with Crippen LogP contribution in [0.1, 0.15) is 34.6 Å². The largest absolute Gasteiger partial charge is 0.377 e. The fourth-order valence-electron chi connectivity index (χ4n) is 4.22. The van der Waals surface area contributed by atoms with E-state index in [4.69, 9.17) is 4.74 Å². The maximum Gasteiger partial charge on any atom is 0.253 e. The Morgan fingerprint density at radius 2 is 1.67 bits per heavy atom. The molecule has 1 atom stereocenters. The molecule has 3 heterocycles. The number of hydrogen-bond donors (Lipinski definition) is 0. The minimum absolute atomic E-state index is 0.138. The maximum absolute atomic E-state index is 12.9. The van der Waals surface area contributed by atoms with Gasteiger partial charge < -0.3 is 14.2 Å². The van der Waals surface area contributed by atoms with Crippen molar-refractivity contribution >= 4 is 5.91 Å². The summed E-state index contributed by atoms with van der Waals surface area (Å²) < 4.78 is 7.94. The summed E-state index contributed by atoms with van der Waals surface area (Å²) in [5.74, 6) is 0.138. The first kappa shape index (κ1) is 18.3. The van der Waals surface area contributed by atoms with E-state index < -0.39 is 0 Å².